The SMILES string of the molecule is CCN(C(=O)CNC(=O)C(C)NC(=O)C(Cc1ccc(O)cc1)NC)C(Cc1ccccc1)CN(C)C. The molecule has 3 unspecified atom stereocenters. The van der Waals surface area contributed by atoms with E-state index in [0.29, 0.717) is 25.9 Å². The summed E-state index contributed by atoms with van der Waals surface area (Å²) < 4.78 is 0. The highest BCUT2D eigenvalue weighted by Gasteiger charge is 2.26. The number of carbonyl (C=O) groups excluding carboxylic acids is 3. The first-order chi connectivity index (χ1) is 17.6. The molecule has 0 aliphatic heterocycles. The van der Waals surface area contributed by atoms with Crippen molar-refractivity contribution in [3.05, 3.63) is 65.7 Å². The molecule has 202 valence electrons. The second-order valence-electron chi connectivity index (χ2n) is 9.45. The van der Waals surface area contributed by atoms with Gasteiger partial charge in [-0.3, -0.25) is 14.4 Å². The molecule has 37 heavy (non-hydrogen) atoms. The van der Waals surface area contributed by atoms with Gasteiger partial charge in [0, 0.05) is 19.1 Å². The van der Waals surface area contributed by atoms with Crippen LogP contribution in [0.25, 0.3) is 0 Å². The van der Waals surface area contributed by atoms with E-state index in [2.05, 4.69) is 20.9 Å². The minimum absolute atomic E-state index is 0.0415. The van der Waals surface area contributed by atoms with Crippen LogP contribution in [0.5, 0.6) is 5.75 Å². The minimum Gasteiger partial charge on any atom is -0.508 e. The summed E-state index contributed by atoms with van der Waals surface area (Å²) in [6, 6.07) is 15.2. The van der Waals surface area contributed by atoms with Gasteiger partial charge in [0.15, 0.2) is 0 Å². The Morgan fingerprint density at radius 3 is 2.11 bits per heavy atom. The molecule has 9 heteroatoms. The predicted octanol–water partition coefficient (Wildman–Crippen LogP) is 1.17. The third kappa shape index (κ3) is 9.86. The third-order valence-electron chi connectivity index (χ3n) is 6.20. The largest absolute Gasteiger partial charge is 0.508 e. The van der Waals surface area contributed by atoms with E-state index in [9.17, 15) is 19.5 Å². The summed E-state index contributed by atoms with van der Waals surface area (Å²) in [6.07, 6.45) is 1.11. The lowest BCUT2D eigenvalue weighted by molar-refractivity contribution is -0.135. The summed E-state index contributed by atoms with van der Waals surface area (Å²) in [4.78, 5) is 42.4. The number of nitrogens with zero attached hydrogens (tertiary/aromatic N) is 2. The lowest BCUT2D eigenvalue weighted by Gasteiger charge is -2.33. The van der Waals surface area contributed by atoms with E-state index in [0.717, 1.165) is 11.1 Å². The van der Waals surface area contributed by atoms with E-state index in [-0.39, 0.29) is 30.2 Å². The van der Waals surface area contributed by atoms with Gasteiger partial charge >= 0.3 is 0 Å². The summed E-state index contributed by atoms with van der Waals surface area (Å²) in [6.45, 7) is 4.60. The highest BCUT2D eigenvalue weighted by atomic mass is 16.3. The maximum Gasteiger partial charge on any atom is 0.242 e. The standard InChI is InChI=1S/C28H41N5O4/c1-6-33(23(19-32(4)5)16-21-10-8-7-9-11-21)26(35)18-30-27(36)20(2)31-28(37)25(29-3)17-22-12-14-24(34)15-13-22/h7-15,20,23,25,29,34H,6,16-19H2,1-5H3,(H,30,36)(H,31,37). The van der Waals surface area contributed by atoms with Crippen LogP contribution in [0.1, 0.15) is 25.0 Å². The van der Waals surface area contributed by atoms with Gasteiger partial charge < -0.3 is 30.9 Å². The molecule has 2 aromatic carbocycles. The Hall–Kier alpha value is -3.43. The fourth-order valence-electron chi connectivity index (χ4n) is 4.21. The second-order valence-corrected chi connectivity index (χ2v) is 9.45. The molecule has 0 radical (unpaired) electrons. The quantitative estimate of drug-likeness (QED) is 0.303. The molecule has 0 aromatic heterocycles. The van der Waals surface area contributed by atoms with Crippen LogP contribution in [0.15, 0.2) is 54.6 Å². The van der Waals surface area contributed by atoms with Crippen LogP contribution in [0.4, 0.5) is 0 Å². The number of likely N-dealkylation sites (N-methyl/N-ethyl adjacent to an activating group) is 3. The molecule has 0 fully saturated rings. The normalized spacial score (nSPS) is 13.5. The van der Waals surface area contributed by atoms with Crippen LogP contribution in [0, 0.1) is 0 Å². The number of hydrogen-bond acceptors (Lipinski definition) is 6. The molecular formula is C28H41N5O4. The molecule has 0 aliphatic rings. The van der Waals surface area contributed by atoms with Gasteiger partial charge in [-0.1, -0.05) is 42.5 Å². The van der Waals surface area contributed by atoms with E-state index < -0.39 is 18.0 Å². The topological polar surface area (TPSA) is 114 Å². The number of rotatable bonds is 14. The molecule has 0 heterocycles. The van der Waals surface area contributed by atoms with Crippen molar-refractivity contribution in [2.24, 2.45) is 0 Å². The zero-order valence-electron chi connectivity index (χ0n) is 22.5. The molecule has 3 atom stereocenters. The Balaban J connectivity index is 1.93. The van der Waals surface area contributed by atoms with E-state index in [1.165, 1.54) is 0 Å². The third-order valence-corrected chi connectivity index (χ3v) is 6.20. The number of benzene rings is 2. The highest BCUT2D eigenvalue weighted by Crippen LogP contribution is 2.12. The van der Waals surface area contributed by atoms with E-state index >= 15 is 0 Å². The van der Waals surface area contributed by atoms with Gasteiger partial charge in [-0.25, -0.2) is 0 Å². The Bertz CT molecular complexity index is 997. The van der Waals surface area contributed by atoms with Crippen LogP contribution < -0.4 is 16.0 Å². The number of carbonyl (C=O) groups is 3. The molecule has 2 aromatic rings. The number of nitrogens with one attached hydrogen (secondary N) is 3. The van der Waals surface area contributed by atoms with E-state index in [1.807, 2.05) is 51.4 Å². The monoisotopic (exact) mass is 511 g/mol. The van der Waals surface area contributed by atoms with Crippen LogP contribution in [0.3, 0.4) is 0 Å². The maximum absolute atomic E-state index is 13.1. The zero-order chi connectivity index (χ0) is 27.4. The molecule has 4 N–H and O–H groups in total. The lowest BCUT2D eigenvalue weighted by atomic mass is 10.0. The Labute approximate surface area is 220 Å². The average molecular weight is 512 g/mol. The van der Waals surface area contributed by atoms with Gasteiger partial charge in [-0.2, -0.15) is 0 Å². The molecule has 0 aliphatic carbocycles. The summed E-state index contributed by atoms with van der Waals surface area (Å²) in [5.41, 5.74) is 2.02. The minimum atomic E-state index is -0.812. The molecule has 3 amide bonds. The molecule has 9 nitrogen and oxygen atoms in total. The van der Waals surface area contributed by atoms with Crippen LogP contribution >= 0.6 is 0 Å². The smallest absolute Gasteiger partial charge is 0.242 e. The van der Waals surface area contributed by atoms with Crippen molar-refractivity contribution in [3.8, 4) is 5.75 Å². The van der Waals surface area contributed by atoms with Crippen molar-refractivity contribution in [1.29, 1.82) is 0 Å². The Morgan fingerprint density at radius 1 is 0.919 bits per heavy atom. The number of aromatic hydroxyl groups is 1. The first-order valence-electron chi connectivity index (χ1n) is 12.7. The summed E-state index contributed by atoms with van der Waals surface area (Å²) in [5.74, 6) is -0.764. The van der Waals surface area contributed by atoms with Crippen molar-refractivity contribution in [2.75, 3.05) is 40.8 Å². The van der Waals surface area contributed by atoms with Gasteiger partial charge in [0.05, 0.1) is 12.6 Å². The van der Waals surface area contributed by atoms with E-state index in [1.54, 1.807) is 43.1 Å². The first-order valence-corrected chi connectivity index (χ1v) is 12.7. The Morgan fingerprint density at radius 2 is 1.54 bits per heavy atom. The molecule has 2 rings (SSSR count). The van der Waals surface area contributed by atoms with E-state index in [4.69, 9.17) is 0 Å². The van der Waals surface area contributed by atoms with Gasteiger partial charge in [0.1, 0.15) is 11.8 Å². The zero-order valence-corrected chi connectivity index (χ0v) is 22.5. The average Bonchev–Trinajstić information content (AvgIpc) is 2.87. The van der Waals surface area contributed by atoms with Crippen molar-refractivity contribution in [2.45, 2.75) is 44.8 Å². The number of hydrogen-bond donors (Lipinski definition) is 4. The fourth-order valence-corrected chi connectivity index (χ4v) is 4.21. The molecule has 0 saturated heterocycles. The van der Waals surface area contributed by atoms with Gasteiger partial charge in [0.25, 0.3) is 0 Å². The molecular weight excluding hydrogens is 470 g/mol. The second kappa shape index (κ2) is 15.0. The van der Waals surface area contributed by atoms with Gasteiger partial charge in [0.2, 0.25) is 17.7 Å². The lowest BCUT2D eigenvalue weighted by Crippen LogP contribution is -2.54. The molecule has 0 bridgehead atoms. The predicted molar refractivity (Wildman–Crippen MR) is 145 cm³/mol. The molecule has 0 saturated carbocycles. The summed E-state index contributed by atoms with van der Waals surface area (Å²) in [5, 5.41) is 17.8. The van der Waals surface area contributed by atoms with Gasteiger partial charge in [-0.15, -0.1) is 0 Å². The van der Waals surface area contributed by atoms with Crippen molar-refractivity contribution in [3.63, 3.8) is 0 Å². The highest BCUT2D eigenvalue weighted by molar-refractivity contribution is 5.91. The Kier molecular flexibility index (Phi) is 12.1. The summed E-state index contributed by atoms with van der Waals surface area (Å²) in [7, 11) is 5.62. The van der Waals surface area contributed by atoms with Crippen molar-refractivity contribution >= 4 is 17.7 Å². The van der Waals surface area contributed by atoms with Crippen LogP contribution in [0.2, 0.25) is 0 Å². The van der Waals surface area contributed by atoms with Crippen molar-refractivity contribution in [1.82, 2.24) is 25.8 Å². The number of phenolic OH excluding ortho intramolecular Hbond substituents is 1. The van der Waals surface area contributed by atoms with Crippen LogP contribution in [-0.2, 0) is 27.2 Å². The number of amides is 3. The van der Waals surface area contributed by atoms with Crippen LogP contribution in [-0.4, -0.2) is 91.5 Å². The van der Waals surface area contributed by atoms with Crippen molar-refractivity contribution < 1.29 is 19.5 Å². The number of phenols is 1. The van der Waals surface area contributed by atoms with Gasteiger partial charge in [-0.05, 0) is 71.1 Å². The fraction of sp³-hybridized carbons (Fsp3) is 0.464. The maximum atomic E-state index is 13.1. The first kappa shape index (κ1) is 29.8. The molecule has 0 spiro atoms. The summed E-state index contributed by atoms with van der Waals surface area (Å²) >= 11 is 0.